The van der Waals surface area contributed by atoms with Crippen LogP contribution in [0.5, 0.6) is 6.01 Å². The standard InChI is InChI=1S/C6H7N3O/c1-5-4-9-6(8-5)10-3-2-7-9/h2,4H,3H2,1H3. The maximum absolute atomic E-state index is 5.15. The van der Waals surface area contributed by atoms with E-state index >= 15 is 0 Å². The molecule has 0 radical (unpaired) electrons. The average molecular weight is 137 g/mol. The summed E-state index contributed by atoms with van der Waals surface area (Å²) in [5, 5.41) is 4.02. The van der Waals surface area contributed by atoms with Crippen LogP contribution in [0.3, 0.4) is 0 Å². The number of aromatic nitrogens is 2. The summed E-state index contributed by atoms with van der Waals surface area (Å²) in [6, 6.07) is 0.583. The molecule has 0 bridgehead atoms. The quantitative estimate of drug-likeness (QED) is 0.519. The van der Waals surface area contributed by atoms with Gasteiger partial charge in [0.05, 0.1) is 18.1 Å². The van der Waals surface area contributed by atoms with Crippen LogP contribution in [0.15, 0.2) is 11.3 Å². The molecule has 0 aliphatic carbocycles. The maximum atomic E-state index is 5.15. The lowest BCUT2D eigenvalue weighted by molar-refractivity contribution is 0.323. The van der Waals surface area contributed by atoms with Gasteiger partial charge in [0.2, 0.25) is 0 Å². The van der Waals surface area contributed by atoms with E-state index in [0.29, 0.717) is 12.6 Å². The van der Waals surface area contributed by atoms with Gasteiger partial charge >= 0.3 is 6.01 Å². The molecule has 2 heterocycles. The van der Waals surface area contributed by atoms with Crippen LogP contribution < -0.4 is 4.74 Å². The van der Waals surface area contributed by atoms with Crippen molar-refractivity contribution in [1.29, 1.82) is 0 Å². The van der Waals surface area contributed by atoms with Crippen LogP contribution in [0.1, 0.15) is 5.69 Å². The van der Waals surface area contributed by atoms with Gasteiger partial charge in [-0.3, -0.25) is 0 Å². The molecule has 0 saturated heterocycles. The van der Waals surface area contributed by atoms with E-state index < -0.39 is 0 Å². The highest BCUT2D eigenvalue weighted by Gasteiger charge is 2.07. The zero-order chi connectivity index (χ0) is 6.97. The topological polar surface area (TPSA) is 39.4 Å². The van der Waals surface area contributed by atoms with Gasteiger partial charge in [-0.15, -0.1) is 0 Å². The zero-order valence-electron chi connectivity index (χ0n) is 5.61. The number of hydrogen-bond donors (Lipinski definition) is 0. The molecule has 0 N–H and O–H groups in total. The number of ether oxygens (including phenoxy) is 1. The highest BCUT2D eigenvalue weighted by atomic mass is 16.5. The van der Waals surface area contributed by atoms with Gasteiger partial charge in [-0.1, -0.05) is 0 Å². The summed E-state index contributed by atoms with van der Waals surface area (Å²) in [6.45, 7) is 2.43. The van der Waals surface area contributed by atoms with Crippen molar-refractivity contribution in [3.05, 3.63) is 11.9 Å². The summed E-state index contributed by atoms with van der Waals surface area (Å²) >= 11 is 0. The average Bonchev–Trinajstić information content (AvgIpc) is 2.27. The molecule has 10 heavy (non-hydrogen) atoms. The normalized spacial score (nSPS) is 14.5. The number of fused-ring (bicyclic) bond motifs is 1. The van der Waals surface area contributed by atoms with E-state index in [-0.39, 0.29) is 0 Å². The molecule has 0 aromatic carbocycles. The predicted molar refractivity (Wildman–Crippen MR) is 36.3 cm³/mol. The zero-order valence-corrected chi connectivity index (χ0v) is 5.61. The lowest BCUT2D eigenvalue weighted by Crippen LogP contribution is -2.09. The minimum Gasteiger partial charge on any atom is -0.457 e. The molecular formula is C6H7N3O. The molecule has 0 fully saturated rings. The number of nitrogens with zero attached hydrogens (tertiary/aromatic N) is 3. The third-order valence-corrected chi connectivity index (χ3v) is 1.27. The Bertz CT molecular complexity index is 277. The molecule has 0 spiro atoms. The molecule has 4 nitrogen and oxygen atoms in total. The molecule has 52 valence electrons. The lowest BCUT2D eigenvalue weighted by atomic mass is 10.6. The predicted octanol–water partition coefficient (Wildman–Crippen LogP) is 0.418. The summed E-state index contributed by atoms with van der Waals surface area (Å²) in [5.41, 5.74) is 0.925. The van der Waals surface area contributed by atoms with E-state index in [1.54, 1.807) is 10.9 Å². The molecule has 1 aliphatic heterocycles. The highest BCUT2D eigenvalue weighted by Crippen LogP contribution is 2.11. The third kappa shape index (κ3) is 0.689. The number of rotatable bonds is 0. The van der Waals surface area contributed by atoms with Gasteiger partial charge in [0.25, 0.3) is 0 Å². The molecule has 2 rings (SSSR count). The first-order valence-electron chi connectivity index (χ1n) is 3.08. The van der Waals surface area contributed by atoms with Crippen molar-refractivity contribution in [3.8, 4) is 6.01 Å². The molecule has 0 atom stereocenters. The molecular weight excluding hydrogens is 130 g/mol. The van der Waals surface area contributed by atoms with E-state index in [1.165, 1.54) is 0 Å². The van der Waals surface area contributed by atoms with E-state index in [4.69, 9.17) is 4.74 Å². The monoisotopic (exact) mass is 137 g/mol. The van der Waals surface area contributed by atoms with Crippen LogP contribution in [0.25, 0.3) is 0 Å². The Kier molecular flexibility index (Phi) is 1.00. The number of imidazole rings is 1. The van der Waals surface area contributed by atoms with E-state index in [9.17, 15) is 0 Å². The smallest absolute Gasteiger partial charge is 0.318 e. The number of aryl methyl sites for hydroxylation is 1. The largest absolute Gasteiger partial charge is 0.457 e. The molecule has 1 aliphatic rings. The second-order valence-corrected chi connectivity index (χ2v) is 2.12. The van der Waals surface area contributed by atoms with Crippen LogP contribution in [0, 0.1) is 6.92 Å². The third-order valence-electron chi connectivity index (χ3n) is 1.27. The minimum absolute atomic E-state index is 0.524. The Balaban J connectivity index is 2.53. The molecule has 0 unspecified atom stereocenters. The Morgan fingerprint density at radius 2 is 2.60 bits per heavy atom. The Hall–Kier alpha value is -1.32. The fourth-order valence-electron chi connectivity index (χ4n) is 0.877. The van der Waals surface area contributed by atoms with Crippen LogP contribution >= 0.6 is 0 Å². The summed E-state index contributed by atoms with van der Waals surface area (Å²) in [6.07, 6.45) is 3.53. The van der Waals surface area contributed by atoms with Gasteiger partial charge in [-0.2, -0.15) is 14.8 Å². The van der Waals surface area contributed by atoms with Gasteiger partial charge in [-0.25, -0.2) is 0 Å². The summed E-state index contributed by atoms with van der Waals surface area (Å²) < 4.78 is 6.77. The Morgan fingerprint density at radius 1 is 1.70 bits per heavy atom. The van der Waals surface area contributed by atoms with Crippen molar-refractivity contribution in [1.82, 2.24) is 9.66 Å². The van der Waals surface area contributed by atoms with Gasteiger partial charge in [0.15, 0.2) is 0 Å². The maximum Gasteiger partial charge on any atom is 0.318 e. The Morgan fingerprint density at radius 3 is 3.40 bits per heavy atom. The molecule has 1 aromatic heterocycles. The summed E-state index contributed by atoms with van der Waals surface area (Å²) in [4.78, 5) is 4.08. The fraction of sp³-hybridized carbons (Fsp3) is 0.333. The number of hydrogen-bond acceptors (Lipinski definition) is 3. The molecule has 0 amide bonds. The van der Waals surface area contributed by atoms with E-state index in [2.05, 4.69) is 10.1 Å². The second kappa shape index (κ2) is 1.83. The summed E-state index contributed by atoms with van der Waals surface area (Å²) in [5.74, 6) is 0. The van der Waals surface area contributed by atoms with Gasteiger partial charge < -0.3 is 4.74 Å². The summed E-state index contributed by atoms with van der Waals surface area (Å²) in [7, 11) is 0. The van der Waals surface area contributed by atoms with Crippen molar-refractivity contribution in [2.45, 2.75) is 6.92 Å². The van der Waals surface area contributed by atoms with E-state index in [1.807, 2.05) is 13.1 Å². The van der Waals surface area contributed by atoms with Gasteiger partial charge in [0, 0.05) is 0 Å². The van der Waals surface area contributed by atoms with Crippen LogP contribution in [-0.2, 0) is 0 Å². The van der Waals surface area contributed by atoms with Crippen LogP contribution in [-0.4, -0.2) is 22.5 Å². The van der Waals surface area contributed by atoms with E-state index in [0.717, 1.165) is 5.69 Å². The van der Waals surface area contributed by atoms with Crippen molar-refractivity contribution >= 4 is 6.21 Å². The van der Waals surface area contributed by atoms with Gasteiger partial charge in [0.1, 0.15) is 6.61 Å². The fourth-order valence-corrected chi connectivity index (χ4v) is 0.877. The van der Waals surface area contributed by atoms with Crippen LogP contribution in [0.2, 0.25) is 0 Å². The van der Waals surface area contributed by atoms with Crippen molar-refractivity contribution in [3.63, 3.8) is 0 Å². The van der Waals surface area contributed by atoms with Crippen molar-refractivity contribution in [2.24, 2.45) is 5.10 Å². The second-order valence-electron chi connectivity index (χ2n) is 2.12. The SMILES string of the molecule is Cc1cn2c(n1)OCC=N2. The van der Waals surface area contributed by atoms with Gasteiger partial charge in [-0.05, 0) is 6.92 Å². The molecule has 1 aromatic rings. The first-order chi connectivity index (χ1) is 4.86. The molecule has 4 heteroatoms. The van der Waals surface area contributed by atoms with Crippen molar-refractivity contribution < 1.29 is 4.74 Å². The minimum atomic E-state index is 0.524. The van der Waals surface area contributed by atoms with Crippen molar-refractivity contribution in [2.75, 3.05) is 6.61 Å². The lowest BCUT2D eigenvalue weighted by Gasteiger charge is -2.05. The first kappa shape index (κ1) is 5.46. The molecule has 0 saturated carbocycles. The first-order valence-corrected chi connectivity index (χ1v) is 3.08. The van der Waals surface area contributed by atoms with Crippen LogP contribution in [0.4, 0.5) is 0 Å². The highest BCUT2D eigenvalue weighted by molar-refractivity contribution is 5.59. The Labute approximate surface area is 58.1 Å².